The van der Waals surface area contributed by atoms with E-state index < -0.39 is 0 Å². The van der Waals surface area contributed by atoms with Crippen molar-refractivity contribution in [2.24, 2.45) is 0 Å². The first kappa shape index (κ1) is 14.4. The number of pyridine rings is 1. The van der Waals surface area contributed by atoms with Gasteiger partial charge in [0.1, 0.15) is 5.82 Å². The molecule has 3 nitrogen and oxygen atoms in total. The van der Waals surface area contributed by atoms with Crippen LogP contribution in [0.2, 0.25) is 0 Å². The van der Waals surface area contributed by atoms with Gasteiger partial charge >= 0.3 is 0 Å². The summed E-state index contributed by atoms with van der Waals surface area (Å²) in [7, 11) is 0. The monoisotopic (exact) mass is 269 g/mol. The average Bonchev–Trinajstić information content (AvgIpc) is 2.46. The Morgan fingerprint density at radius 3 is 2.70 bits per heavy atom. The van der Waals surface area contributed by atoms with Gasteiger partial charge in [-0.05, 0) is 30.0 Å². The number of nitrogens with zero attached hydrogens (tertiary/aromatic N) is 1. The SMILES string of the molecule is CCCNc1cc(Nc2ccccc2C(C)C)ccn1. The van der Waals surface area contributed by atoms with Gasteiger partial charge in [-0.15, -0.1) is 0 Å². The number of hydrogen-bond donors (Lipinski definition) is 2. The maximum absolute atomic E-state index is 4.32. The van der Waals surface area contributed by atoms with Crippen molar-refractivity contribution >= 4 is 17.2 Å². The highest BCUT2D eigenvalue weighted by Gasteiger charge is 2.06. The molecule has 2 aromatic rings. The van der Waals surface area contributed by atoms with Crippen LogP contribution in [0.15, 0.2) is 42.6 Å². The molecule has 20 heavy (non-hydrogen) atoms. The summed E-state index contributed by atoms with van der Waals surface area (Å²) < 4.78 is 0. The van der Waals surface area contributed by atoms with Crippen LogP contribution in [0.4, 0.5) is 17.2 Å². The fourth-order valence-corrected chi connectivity index (χ4v) is 2.13. The van der Waals surface area contributed by atoms with E-state index >= 15 is 0 Å². The van der Waals surface area contributed by atoms with Crippen LogP contribution in [0.1, 0.15) is 38.7 Å². The second-order valence-corrected chi connectivity index (χ2v) is 5.22. The molecule has 2 N–H and O–H groups in total. The largest absolute Gasteiger partial charge is 0.370 e. The average molecular weight is 269 g/mol. The van der Waals surface area contributed by atoms with Crippen LogP contribution in [0.25, 0.3) is 0 Å². The number of hydrogen-bond acceptors (Lipinski definition) is 3. The van der Waals surface area contributed by atoms with Gasteiger partial charge in [0.25, 0.3) is 0 Å². The van der Waals surface area contributed by atoms with Gasteiger partial charge in [0.2, 0.25) is 0 Å². The lowest BCUT2D eigenvalue weighted by Gasteiger charge is -2.15. The van der Waals surface area contributed by atoms with Gasteiger partial charge in [-0.2, -0.15) is 0 Å². The molecule has 106 valence electrons. The Labute approximate surface area is 121 Å². The van der Waals surface area contributed by atoms with Crippen LogP contribution >= 0.6 is 0 Å². The van der Waals surface area contributed by atoms with Gasteiger partial charge < -0.3 is 10.6 Å². The van der Waals surface area contributed by atoms with Crippen molar-refractivity contribution in [2.75, 3.05) is 17.2 Å². The summed E-state index contributed by atoms with van der Waals surface area (Å²) in [5.74, 6) is 1.41. The van der Waals surface area contributed by atoms with Crippen molar-refractivity contribution in [3.05, 3.63) is 48.2 Å². The molecule has 1 aromatic carbocycles. The molecule has 0 saturated carbocycles. The fraction of sp³-hybridized carbons (Fsp3) is 0.353. The van der Waals surface area contributed by atoms with Gasteiger partial charge in [0, 0.05) is 30.2 Å². The Hall–Kier alpha value is -2.03. The number of anilines is 3. The van der Waals surface area contributed by atoms with Crippen molar-refractivity contribution in [3.8, 4) is 0 Å². The Morgan fingerprint density at radius 2 is 1.95 bits per heavy atom. The molecule has 0 aliphatic rings. The lowest BCUT2D eigenvalue weighted by molar-refractivity contribution is 0.869. The van der Waals surface area contributed by atoms with E-state index in [2.05, 4.69) is 60.7 Å². The van der Waals surface area contributed by atoms with E-state index in [0.29, 0.717) is 5.92 Å². The Balaban J connectivity index is 2.17. The molecule has 0 atom stereocenters. The summed E-state index contributed by atoms with van der Waals surface area (Å²) >= 11 is 0. The molecule has 1 aromatic heterocycles. The summed E-state index contributed by atoms with van der Waals surface area (Å²) in [6.07, 6.45) is 2.92. The van der Waals surface area contributed by atoms with Crippen LogP contribution in [0, 0.1) is 0 Å². The van der Waals surface area contributed by atoms with Crippen molar-refractivity contribution in [1.29, 1.82) is 0 Å². The number of benzene rings is 1. The summed E-state index contributed by atoms with van der Waals surface area (Å²) in [5, 5.41) is 6.80. The van der Waals surface area contributed by atoms with Crippen molar-refractivity contribution in [2.45, 2.75) is 33.1 Å². The van der Waals surface area contributed by atoms with Crippen molar-refractivity contribution in [1.82, 2.24) is 4.98 Å². The van der Waals surface area contributed by atoms with Crippen LogP contribution < -0.4 is 10.6 Å². The van der Waals surface area contributed by atoms with E-state index in [-0.39, 0.29) is 0 Å². The molecular weight excluding hydrogens is 246 g/mol. The highest BCUT2D eigenvalue weighted by atomic mass is 15.0. The molecule has 0 amide bonds. The van der Waals surface area contributed by atoms with Crippen LogP contribution in [0.3, 0.4) is 0 Å². The minimum Gasteiger partial charge on any atom is -0.370 e. The molecule has 0 spiro atoms. The van der Waals surface area contributed by atoms with Crippen molar-refractivity contribution < 1.29 is 0 Å². The summed E-state index contributed by atoms with van der Waals surface area (Å²) in [6.45, 7) is 7.51. The van der Waals surface area contributed by atoms with Gasteiger partial charge in [0.15, 0.2) is 0 Å². The fourth-order valence-electron chi connectivity index (χ4n) is 2.13. The molecule has 3 heteroatoms. The zero-order valence-electron chi connectivity index (χ0n) is 12.5. The molecule has 0 aliphatic heterocycles. The van der Waals surface area contributed by atoms with E-state index in [1.807, 2.05) is 18.3 Å². The van der Waals surface area contributed by atoms with E-state index in [4.69, 9.17) is 0 Å². The van der Waals surface area contributed by atoms with Crippen molar-refractivity contribution in [3.63, 3.8) is 0 Å². The third-order valence-corrected chi connectivity index (χ3v) is 3.18. The van der Waals surface area contributed by atoms with E-state index in [1.165, 1.54) is 5.56 Å². The number of aromatic nitrogens is 1. The Bertz CT molecular complexity index is 549. The first-order valence-corrected chi connectivity index (χ1v) is 7.26. The lowest BCUT2D eigenvalue weighted by Crippen LogP contribution is -2.03. The first-order valence-electron chi connectivity index (χ1n) is 7.26. The van der Waals surface area contributed by atoms with E-state index in [9.17, 15) is 0 Å². The number of para-hydroxylation sites is 1. The predicted octanol–water partition coefficient (Wildman–Crippen LogP) is 4.77. The van der Waals surface area contributed by atoms with Gasteiger partial charge in [0.05, 0.1) is 0 Å². The molecule has 1 heterocycles. The molecule has 0 aliphatic carbocycles. The van der Waals surface area contributed by atoms with Crippen LogP contribution in [-0.2, 0) is 0 Å². The lowest BCUT2D eigenvalue weighted by atomic mass is 10.0. The zero-order valence-corrected chi connectivity index (χ0v) is 12.5. The van der Waals surface area contributed by atoms with E-state index in [0.717, 1.165) is 30.2 Å². The zero-order chi connectivity index (χ0) is 14.4. The molecule has 0 bridgehead atoms. The molecule has 0 saturated heterocycles. The summed E-state index contributed by atoms with van der Waals surface area (Å²) in [5.41, 5.74) is 3.55. The minimum atomic E-state index is 0.498. The topological polar surface area (TPSA) is 37.0 Å². The number of nitrogens with one attached hydrogen (secondary N) is 2. The minimum absolute atomic E-state index is 0.498. The molecule has 0 radical (unpaired) electrons. The Morgan fingerprint density at radius 1 is 1.15 bits per heavy atom. The van der Waals surface area contributed by atoms with Gasteiger partial charge in [-0.1, -0.05) is 39.0 Å². The molecular formula is C17H23N3. The molecule has 0 unspecified atom stereocenters. The number of rotatable bonds is 6. The normalized spacial score (nSPS) is 10.6. The van der Waals surface area contributed by atoms with Gasteiger partial charge in [-0.25, -0.2) is 4.98 Å². The van der Waals surface area contributed by atoms with Crippen LogP contribution in [0.5, 0.6) is 0 Å². The highest BCUT2D eigenvalue weighted by molar-refractivity contribution is 5.65. The third kappa shape index (κ3) is 3.73. The maximum atomic E-state index is 4.32. The standard InChI is InChI=1S/C17H23N3/c1-4-10-18-17-12-14(9-11-19-17)20-16-8-6-5-7-15(16)13(2)3/h5-9,11-13H,4,10H2,1-3H3,(H2,18,19,20). The second-order valence-electron chi connectivity index (χ2n) is 5.22. The van der Waals surface area contributed by atoms with Crippen LogP contribution in [-0.4, -0.2) is 11.5 Å². The smallest absolute Gasteiger partial charge is 0.127 e. The predicted molar refractivity (Wildman–Crippen MR) is 86.8 cm³/mol. The summed E-state index contributed by atoms with van der Waals surface area (Å²) in [4.78, 5) is 4.32. The quantitative estimate of drug-likeness (QED) is 0.793. The third-order valence-electron chi connectivity index (χ3n) is 3.18. The maximum Gasteiger partial charge on any atom is 0.127 e. The highest BCUT2D eigenvalue weighted by Crippen LogP contribution is 2.27. The summed E-state index contributed by atoms with van der Waals surface area (Å²) in [6, 6.07) is 12.5. The second kappa shape index (κ2) is 6.94. The van der Waals surface area contributed by atoms with E-state index in [1.54, 1.807) is 0 Å². The van der Waals surface area contributed by atoms with Gasteiger partial charge in [-0.3, -0.25) is 0 Å². The Kier molecular flexibility index (Phi) is 4.99. The molecule has 0 fully saturated rings. The molecule has 2 rings (SSSR count). The first-order chi connectivity index (χ1) is 9.70.